The summed E-state index contributed by atoms with van der Waals surface area (Å²) in [6, 6.07) is 15.9. The number of nitrogens with two attached hydrogens (primary N) is 1. The van der Waals surface area contributed by atoms with Crippen LogP contribution in [0, 0.1) is 0 Å². The normalized spacial score (nSPS) is 26.1. The molecule has 0 radical (unpaired) electrons. The van der Waals surface area contributed by atoms with Crippen LogP contribution in [0.15, 0.2) is 48.5 Å². The summed E-state index contributed by atoms with van der Waals surface area (Å²) >= 11 is 0. The minimum absolute atomic E-state index is 0.0438. The Morgan fingerprint density at radius 1 is 0.900 bits per heavy atom. The van der Waals surface area contributed by atoms with Gasteiger partial charge in [-0.2, -0.15) is 0 Å². The smallest absolute Gasteiger partial charge is 0.185 e. The molecule has 5 nitrogen and oxygen atoms in total. The SMILES string of the molecule is Nc1cccc(C2OC(CN3CCCCCCC3)CC(c3ccc(CO)cc3)O2)c1. The molecule has 2 heterocycles. The van der Waals surface area contributed by atoms with E-state index < -0.39 is 6.29 Å². The fourth-order valence-electron chi connectivity index (χ4n) is 4.52. The van der Waals surface area contributed by atoms with Gasteiger partial charge in [0, 0.05) is 24.2 Å². The van der Waals surface area contributed by atoms with Gasteiger partial charge in [-0.1, -0.05) is 55.7 Å². The number of hydrogen-bond donors (Lipinski definition) is 2. The average Bonchev–Trinajstić information content (AvgIpc) is 2.75. The number of anilines is 1. The van der Waals surface area contributed by atoms with E-state index in [1.165, 1.54) is 32.1 Å². The van der Waals surface area contributed by atoms with E-state index in [4.69, 9.17) is 15.2 Å². The van der Waals surface area contributed by atoms with Crippen LogP contribution in [-0.2, 0) is 16.1 Å². The minimum atomic E-state index is -0.426. The molecule has 2 aliphatic heterocycles. The standard InChI is InChI=1S/C25H34N2O3/c26-22-8-6-7-21(15-22)25-29-23(17-27-13-4-2-1-3-5-14-27)16-24(30-25)20-11-9-19(18-28)10-12-20/h6-12,15,23-25,28H,1-5,13-14,16-18,26H2. The van der Waals surface area contributed by atoms with E-state index in [0.29, 0.717) is 0 Å². The lowest BCUT2D eigenvalue weighted by atomic mass is 9.99. The van der Waals surface area contributed by atoms with Crippen molar-refractivity contribution >= 4 is 5.69 Å². The first-order valence-corrected chi connectivity index (χ1v) is 11.3. The summed E-state index contributed by atoms with van der Waals surface area (Å²) in [6.45, 7) is 3.30. The Balaban J connectivity index is 1.52. The van der Waals surface area contributed by atoms with Crippen LogP contribution in [-0.4, -0.2) is 35.7 Å². The van der Waals surface area contributed by atoms with Crippen molar-refractivity contribution in [2.24, 2.45) is 0 Å². The molecule has 2 aromatic rings. The quantitative estimate of drug-likeness (QED) is 0.707. The second-order valence-corrected chi connectivity index (χ2v) is 8.59. The molecule has 0 aromatic heterocycles. The third kappa shape index (κ3) is 5.61. The third-order valence-corrected chi connectivity index (χ3v) is 6.21. The topological polar surface area (TPSA) is 68.0 Å². The van der Waals surface area contributed by atoms with Gasteiger partial charge < -0.3 is 25.2 Å². The van der Waals surface area contributed by atoms with Gasteiger partial charge in [0.25, 0.3) is 0 Å². The monoisotopic (exact) mass is 410 g/mol. The zero-order valence-corrected chi connectivity index (χ0v) is 17.7. The van der Waals surface area contributed by atoms with Crippen molar-refractivity contribution in [3.8, 4) is 0 Å². The number of nitrogens with zero attached hydrogens (tertiary/aromatic N) is 1. The maximum atomic E-state index is 9.35. The summed E-state index contributed by atoms with van der Waals surface area (Å²) in [7, 11) is 0. The molecule has 0 spiro atoms. The first kappa shape index (κ1) is 21.3. The second kappa shape index (κ2) is 10.4. The van der Waals surface area contributed by atoms with E-state index in [1.54, 1.807) is 0 Å². The van der Waals surface area contributed by atoms with Gasteiger partial charge in [-0.25, -0.2) is 0 Å². The van der Waals surface area contributed by atoms with Gasteiger partial charge in [-0.05, 0) is 49.2 Å². The van der Waals surface area contributed by atoms with Crippen LogP contribution in [0.3, 0.4) is 0 Å². The van der Waals surface area contributed by atoms with E-state index in [1.807, 2.05) is 36.4 Å². The lowest BCUT2D eigenvalue weighted by Crippen LogP contribution is -2.40. The molecule has 0 bridgehead atoms. The van der Waals surface area contributed by atoms with Gasteiger partial charge in [0.2, 0.25) is 0 Å². The predicted octanol–water partition coefficient (Wildman–Crippen LogP) is 4.57. The molecule has 3 atom stereocenters. The van der Waals surface area contributed by atoms with Crippen molar-refractivity contribution in [2.45, 2.75) is 63.6 Å². The minimum Gasteiger partial charge on any atom is -0.399 e. The Labute approximate surface area is 179 Å². The number of aliphatic hydroxyl groups excluding tert-OH is 1. The Morgan fingerprint density at radius 3 is 2.33 bits per heavy atom. The summed E-state index contributed by atoms with van der Waals surface area (Å²) < 4.78 is 12.8. The Kier molecular flexibility index (Phi) is 7.39. The lowest BCUT2D eigenvalue weighted by molar-refractivity contribution is -0.253. The van der Waals surface area contributed by atoms with Gasteiger partial charge in [0.05, 0.1) is 18.8 Å². The van der Waals surface area contributed by atoms with Crippen LogP contribution in [0.5, 0.6) is 0 Å². The molecule has 5 heteroatoms. The molecule has 3 N–H and O–H groups in total. The van der Waals surface area contributed by atoms with E-state index in [9.17, 15) is 5.11 Å². The molecule has 3 unspecified atom stereocenters. The van der Waals surface area contributed by atoms with Crippen molar-refractivity contribution in [1.29, 1.82) is 0 Å². The van der Waals surface area contributed by atoms with E-state index in [-0.39, 0.29) is 18.8 Å². The molecule has 2 saturated heterocycles. The summed E-state index contributed by atoms with van der Waals surface area (Å²) in [5, 5.41) is 9.35. The number of benzene rings is 2. The fraction of sp³-hybridized carbons (Fsp3) is 0.520. The number of likely N-dealkylation sites (tertiary alicyclic amines) is 1. The van der Waals surface area contributed by atoms with Crippen LogP contribution in [0.2, 0.25) is 0 Å². The maximum Gasteiger partial charge on any atom is 0.185 e. The van der Waals surface area contributed by atoms with Gasteiger partial charge in [-0.15, -0.1) is 0 Å². The third-order valence-electron chi connectivity index (χ3n) is 6.21. The van der Waals surface area contributed by atoms with Crippen molar-refractivity contribution in [3.05, 3.63) is 65.2 Å². The molecule has 4 rings (SSSR count). The van der Waals surface area contributed by atoms with Crippen LogP contribution >= 0.6 is 0 Å². The number of ether oxygens (including phenoxy) is 2. The zero-order chi connectivity index (χ0) is 20.8. The van der Waals surface area contributed by atoms with Crippen molar-refractivity contribution in [3.63, 3.8) is 0 Å². The average molecular weight is 411 g/mol. The number of nitrogen functional groups attached to an aromatic ring is 1. The van der Waals surface area contributed by atoms with E-state index >= 15 is 0 Å². The van der Waals surface area contributed by atoms with E-state index in [2.05, 4.69) is 17.0 Å². The lowest BCUT2D eigenvalue weighted by Gasteiger charge is -2.38. The first-order valence-electron chi connectivity index (χ1n) is 11.3. The highest BCUT2D eigenvalue weighted by molar-refractivity contribution is 5.41. The number of hydrogen-bond acceptors (Lipinski definition) is 5. The molecule has 0 amide bonds. The summed E-state index contributed by atoms with van der Waals surface area (Å²) in [4.78, 5) is 2.57. The van der Waals surface area contributed by atoms with Crippen LogP contribution in [0.25, 0.3) is 0 Å². The molecule has 2 aliphatic rings. The Hall–Kier alpha value is -1.92. The second-order valence-electron chi connectivity index (χ2n) is 8.59. The van der Waals surface area contributed by atoms with Crippen LogP contribution in [0.1, 0.15) is 67.6 Å². The van der Waals surface area contributed by atoms with Crippen LogP contribution < -0.4 is 5.73 Å². The maximum absolute atomic E-state index is 9.35. The van der Waals surface area contributed by atoms with Crippen LogP contribution in [0.4, 0.5) is 5.69 Å². The van der Waals surface area contributed by atoms with Gasteiger partial charge in [-0.3, -0.25) is 0 Å². The molecule has 2 fully saturated rings. The van der Waals surface area contributed by atoms with Crippen molar-refractivity contribution in [1.82, 2.24) is 4.90 Å². The molecule has 0 saturated carbocycles. The van der Waals surface area contributed by atoms with Crippen molar-refractivity contribution < 1.29 is 14.6 Å². The van der Waals surface area contributed by atoms with Gasteiger partial charge >= 0.3 is 0 Å². The fourth-order valence-corrected chi connectivity index (χ4v) is 4.52. The largest absolute Gasteiger partial charge is 0.399 e. The highest BCUT2D eigenvalue weighted by atomic mass is 16.7. The Bertz CT molecular complexity index is 787. The van der Waals surface area contributed by atoms with Gasteiger partial charge in [0.1, 0.15) is 0 Å². The van der Waals surface area contributed by atoms with E-state index in [0.717, 1.165) is 48.4 Å². The van der Waals surface area contributed by atoms with Gasteiger partial charge in [0.15, 0.2) is 6.29 Å². The zero-order valence-electron chi connectivity index (χ0n) is 17.7. The van der Waals surface area contributed by atoms with Crippen molar-refractivity contribution in [2.75, 3.05) is 25.4 Å². The first-order chi connectivity index (χ1) is 14.7. The number of rotatable bonds is 5. The highest BCUT2D eigenvalue weighted by Gasteiger charge is 2.33. The Morgan fingerprint density at radius 2 is 1.63 bits per heavy atom. The highest BCUT2D eigenvalue weighted by Crippen LogP contribution is 2.38. The summed E-state index contributed by atoms with van der Waals surface area (Å²) in [6.07, 6.45) is 7.03. The molecule has 30 heavy (non-hydrogen) atoms. The predicted molar refractivity (Wildman–Crippen MR) is 119 cm³/mol. The summed E-state index contributed by atoms with van der Waals surface area (Å²) in [5.41, 5.74) is 9.73. The number of aliphatic hydroxyl groups is 1. The molecule has 0 aliphatic carbocycles. The molecular weight excluding hydrogens is 376 g/mol. The molecule has 162 valence electrons. The molecular formula is C25H34N2O3. The molecule has 2 aromatic carbocycles. The summed E-state index contributed by atoms with van der Waals surface area (Å²) in [5.74, 6) is 0.